The van der Waals surface area contributed by atoms with Gasteiger partial charge in [0.25, 0.3) is 0 Å². The molecule has 2 amide bonds. The van der Waals surface area contributed by atoms with Crippen molar-refractivity contribution < 1.29 is 19.4 Å². The van der Waals surface area contributed by atoms with Gasteiger partial charge in [-0.1, -0.05) is 0 Å². The number of amides is 2. The number of carbonyl (C=O) groups is 2. The number of ether oxygens (including phenoxy) is 1. The van der Waals surface area contributed by atoms with Crippen molar-refractivity contribution >= 4 is 11.8 Å². The molecule has 17 heavy (non-hydrogen) atoms. The minimum absolute atomic E-state index is 0.157. The molecule has 0 radical (unpaired) electrons. The number of morpholine rings is 1. The number of hydrogen-bond donors (Lipinski definition) is 3. The number of aliphatic hydroxyl groups excluding tert-OH is 1. The van der Waals surface area contributed by atoms with E-state index in [0.29, 0.717) is 13.2 Å². The van der Waals surface area contributed by atoms with Crippen LogP contribution in [0.1, 0.15) is 6.42 Å². The van der Waals surface area contributed by atoms with Gasteiger partial charge in [-0.15, -0.1) is 0 Å². The topological polar surface area (TPSA) is 105 Å². The standard InChI is InChI=1S/C10H17N3O4/c11-9(15)8-3-6(14)4-13(8)10(16)7-5-17-2-1-12-7/h6-8,12,14H,1-5H2,(H2,11,15). The van der Waals surface area contributed by atoms with Crippen LogP contribution in [0.3, 0.4) is 0 Å². The summed E-state index contributed by atoms with van der Waals surface area (Å²) in [5.74, 6) is -0.809. The first-order valence-electron chi connectivity index (χ1n) is 5.68. The van der Waals surface area contributed by atoms with Gasteiger partial charge in [-0.05, 0) is 0 Å². The summed E-state index contributed by atoms with van der Waals surface area (Å²) in [7, 11) is 0. The van der Waals surface area contributed by atoms with E-state index in [1.54, 1.807) is 0 Å². The number of carbonyl (C=O) groups excluding carboxylic acids is 2. The Morgan fingerprint density at radius 1 is 1.47 bits per heavy atom. The molecule has 0 aromatic carbocycles. The smallest absolute Gasteiger partial charge is 0.242 e. The molecule has 0 saturated carbocycles. The average Bonchev–Trinajstić information content (AvgIpc) is 2.72. The van der Waals surface area contributed by atoms with Crippen molar-refractivity contribution in [1.29, 1.82) is 0 Å². The molecule has 2 saturated heterocycles. The van der Waals surface area contributed by atoms with E-state index in [-0.39, 0.29) is 25.5 Å². The molecule has 0 aromatic heterocycles. The van der Waals surface area contributed by atoms with Gasteiger partial charge in [-0.25, -0.2) is 0 Å². The monoisotopic (exact) mass is 243 g/mol. The number of nitrogens with one attached hydrogen (secondary N) is 1. The molecule has 7 nitrogen and oxygen atoms in total. The zero-order valence-electron chi connectivity index (χ0n) is 9.46. The third-order valence-electron chi connectivity index (χ3n) is 3.11. The Bertz CT molecular complexity index is 317. The quantitative estimate of drug-likeness (QED) is 0.494. The first-order chi connectivity index (χ1) is 8.09. The van der Waals surface area contributed by atoms with E-state index in [1.807, 2.05) is 0 Å². The van der Waals surface area contributed by atoms with Crippen LogP contribution in [0.4, 0.5) is 0 Å². The van der Waals surface area contributed by atoms with Gasteiger partial charge < -0.3 is 25.8 Å². The Morgan fingerprint density at radius 2 is 2.24 bits per heavy atom. The van der Waals surface area contributed by atoms with Gasteiger partial charge in [-0.2, -0.15) is 0 Å². The summed E-state index contributed by atoms with van der Waals surface area (Å²) in [5, 5.41) is 12.5. The van der Waals surface area contributed by atoms with Crippen LogP contribution in [0.15, 0.2) is 0 Å². The van der Waals surface area contributed by atoms with Gasteiger partial charge in [0.15, 0.2) is 0 Å². The molecule has 96 valence electrons. The lowest BCUT2D eigenvalue weighted by molar-refractivity contribution is -0.141. The zero-order chi connectivity index (χ0) is 12.4. The summed E-state index contributed by atoms with van der Waals surface area (Å²) >= 11 is 0. The Labute approximate surface area is 98.9 Å². The highest BCUT2D eigenvalue weighted by molar-refractivity contribution is 5.89. The van der Waals surface area contributed by atoms with Crippen molar-refractivity contribution in [3.05, 3.63) is 0 Å². The molecule has 2 aliphatic heterocycles. The Hall–Kier alpha value is -1.18. The lowest BCUT2D eigenvalue weighted by atomic mass is 10.1. The summed E-state index contributed by atoms with van der Waals surface area (Å²) < 4.78 is 5.20. The van der Waals surface area contributed by atoms with Crippen molar-refractivity contribution in [2.45, 2.75) is 24.6 Å². The molecule has 4 N–H and O–H groups in total. The van der Waals surface area contributed by atoms with Crippen molar-refractivity contribution in [2.75, 3.05) is 26.3 Å². The average molecular weight is 243 g/mol. The fourth-order valence-electron chi connectivity index (χ4n) is 2.25. The predicted octanol–water partition coefficient (Wildman–Crippen LogP) is -2.58. The van der Waals surface area contributed by atoms with Crippen molar-refractivity contribution in [2.24, 2.45) is 5.73 Å². The molecule has 3 atom stereocenters. The molecular weight excluding hydrogens is 226 g/mol. The second-order valence-electron chi connectivity index (χ2n) is 4.38. The number of primary amides is 1. The lowest BCUT2D eigenvalue weighted by Gasteiger charge is -2.29. The maximum atomic E-state index is 12.1. The SMILES string of the molecule is NC(=O)C1CC(O)CN1C(=O)C1COCCN1. The molecule has 0 spiro atoms. The number of nitrogens with two attached hydrogens (primary N) is 1. The fourth-order valence-corrected chi connectivity index (χ4v) is 2.25. The number of β-amino-alcohol motifs (C(OH)–C–C–N with tert-alkyl or cyclic N) is 1. The van der Waals surface area contributed by atoms with Gasteiger partial charge in [0, 0.05) is 19.5 Å². The van der Waals surface area contributed by atoms with Crippen LogP contribution in [0.2, 0.25) is 0 Å². The van der Waals surface area contributed by atoms with Gasteiger partial charge in [0.05, 0.1) is 19.3 Å². The van der Waals surface area contributed by atoms with E-state index in [0.717, 1.165) is 0 Å². The molecule has 7 heteroatoms. The largest absolute Gasteiger partial charge is 0.391 e. The summed E-state index contributed by atoms with van der Waals surface area (Å²) in [6.07, 6.45) is -0.463. The maximum Gasteiger partial charge on any atom is 0.242 e. The highest BCUT2D eigenvalue weighted by Crippen LogP contribution is 2.19. The second-order valence-corrected chi connectivity index (χ2v) is 4.38. The van der Waals surface area contributed by atoms with Crippen molar-refractivity contribution in [3.8, 4) is 0 Å². The van der Waals surface area contributed by atoms with E-state index >= 15 is 0 Å². The molecular formula is C10H17N3O4. The number of aliphatic hydroxyl groups is 1. The highest BCUT2D eigenvalue weighted by atomic mass is 16.5. The maximum absolute atomic E-state index is 12.1. The molecule has 0 aliphatic carbocycles. The normalized spacial score (nSPS) is 33.7. The van der Waals surface area contributed by atoms with Crippen LogP contribution in [0.5, 0.6) is 0 Å². The number of hydrogen-bond acceptors (Lipinski definition) is 5. The second kappa shape index (κ2) is 4.99. The minimum Gasteiger partial charge on any atom is -0.391 e. The lowest BCUT2D eigenvalue weighted by Crippen LogP contribution is -2.55. The molecule has 2 fully saturated rings. The zero-order valence-corrected chi connectivity index (χ0v) is 9.46. The van der Waals surface area contributed by atoms with Crippen molar-refractivity contribution in [1.82, 2.24) is 10.2 Å². The molecule has 2 heterocycles. The van der Waals surface area contributed by atoms with Gasteiger partial charge in [-0.3, -0.25) is 9.59 Å². The third kappa shape index (κ3) is 2.56. The van der Waals surface area contributed by atoms with Crippen LogP contribution in [0, 0.1) is 0 Å². The van der Waals surface area contributed by atoms with E-state index in [9.17, 15) is 14.7 Å². The van der Waals surface area contributed by atoms with Crippen molar-refractivity contribution in [3.63, 3.8) is 0 Å². The Morgan fingerprint density at radius 3 is 2.82 bits per heavy atom. The molecule has 2 rings (SSSR count). The minimum atomic E-state index is -0.707. The molecule has 3 unspecified atom stereocenters. The Balaban J connectivity index is 2.04. The molecule has 2 aliphatic rings. The van der Waals surface area contributed by atoms with E-state index in [4.69, 9.17) is 10.5 Å². The summed E-state index contributed by atoms with van der Waals surface area (Å²) in [5.41, 5.74) is 5.22. The van der Waals surface area contributed by atoms with Crippen LogP contribution in [0.25, 0.3) is 0 Å². The van der Waals surface area contributed by atoms with Gasteiger partial charge >= 0.3 is 0 Å². The number of likely N-dealkylation sites (tertiary alicyclic amines) is 1. The summed E-state index contributed by atoms with van der Waals surface area (Å²) in [4.78, 5) is 24.7. The fraction of sp³-hybridized carbons (Fsp3) is 0.800. The molecule has 0 bridgehead atoms. The van der Waals surface area contributed by atoms with Crippen LogP contribution in [-0.4, -0.2) is 66.3 Å². The summed E-state index contributed by atoms with van der Waals surface area (Å²) in [6, 6.07) is -1.16. The van der Waals surface area contributed by atoms with E-state index in [1.165, 1.54) is 4.90 Å². The number of nitrogens with zero attached hydrogens (tertiary/aromatic N) is 1. The van der Waals surface area contributed by atoms with Crippen LogP contribution < -0.4 is 11.1 Å². The first-order valence-corrected chi connectivity index (χ1v) is 5.68. The van der Waals surface area contributed by atoms with Gasteiger partial charge in [0.2, 0.25) is 11.8 Å². The molecule has 0 aromatic rings. The van der Waals surface area contributed by atoms with Crippen LogP contribution in [-0.2, 0) is 14.3 Å². The highest BCUT2D eigenvalue weighted by Gasteiger charge is 2.40. The third-order valence-corrected chi connectivity index (χ3v) is 3.11. The first kappa shape index (κ1) is 12.3. The van der Waals surface area contributed by atoms with E-state index < -0.39 is 24.1 Å². The van der Waals surface area contributed by atoms with Crippen LogP contribution >= 0.6 is 0 Å². The summed E-state index contributed by atoms with van der Waals surface area (Å²) in [6.45, 7) is 1.63. The Kier molecular flexibility index (Phi) is 3.60. The van der Waals surface area contributed by atoms with E-state index in [2.05, 4.69) is 5.32 Å². The number of rotatable bonds is 2. The van der Waals surface area contributed by atoms with Gasteiger partial charge in [0.1, 0.15) is 12.1 Å². The predicted molar refractivity (Wildman–Crippen MR) is 57.9 cm³/mol.